The van der Waals surface area contributed by atoms with Crippen molar-refractivity contribution >= 4 is 22.6 Å². The third-order valence-electron chi connectivity index (χ3n) is 1.54. The van der Waals surface area contributed by atoms with Crippen LogP contribution in [0.4, 0.5) is 0 Å². The molecule has 0 aliphatic heterocycles. The van der Waals surface area contributed by atoms with Crippen molar-refractivity contribution in [2.45, 2.75) is 0 Å². The molecule has 0 radical (unpaired) electrons. The van der Waals surface area contributed by atoms with E-state index in [1.54, 1.807) is 18.2 Å². The van der Waals surface area contributed by atoms with Gasteiger partial charge in [0.25, 0.3) is 0 Å². The Bertz CT molecular complexity index is 478. The predicted octanol–water partition coefficient (Wildman–Crippen LogP) is 1.58. The number of rotatable bonds is 0. The second kappa shape index (κ2) is 2.60. The van der Waals surface area contributed by atoms with E-state index in [1.807, 2.05) is 0 Å². The van der Waals surface area contributed by atoms with Crippen LogP contribution in [0, 0.1) is 0 Å². The van der Waals surface area contributed by atoms with E-state index in [0.29, 0.717) is 16.2 Å². The minimum Gasteiger partial charge on any atom is -0.321 e. The predicted molar refractivity (Wildman–Crippen MR) is 47.4 cm³/mol. The highest BCUT2D eigenvalue weighted by Crippen LogP contribution is 2.10. The number of nitrogens with zero attached hydrogens (tertiary/aromatic N) is 1. The van der Waals surface area contributed by atoms with Gasteiger partial charge in [-0.1, -0.05) is 11.6 Å². The highest BCUT2D eigenvalue weighted by atomic mass is 35.5. The largest absolute Gasteiger partial charge is 0.321 e. The van der Waals surface area contributed by atoms with Gasteiger partial charge < -0.3 is 4.98 Å². The number of H-pyrrole nitrogens is 1. The maximum absolute atomic E-state index is 10.9. The van der Waals surface area contributed by atoms with Gasteiger partial charge in [-0.3, -0.25) is 4.79 Å². The van der Waals surface area contributed by atoms with Crippen molar-refractivity contribution < 1.29 is 0 Å². The maximum Gasteiger partial charge on any atom is 0.248 e. The molecule has 0 bridgehead atoms. The number of hydrogen-bond donors (Lipinski definition) is 1. The van der Waals surface area contributed by atoms with Crippen LogP contribution >= 0.6 is 11.6 Å². The van der Waals surface area contributed by atoms with Crippen LogP contribution in [-0.4, -0.2) is 9.97 Å². The van der Waals surface area contributed by atoms with Gasteiger partial charge >= 0.3 is 0 Å². The van der Waals surface area contributed by atoms with Crippen LogP contribution in [0.5, 0.6) is 0 Å². The van der Waals surface area contributed by atoms with Crippen molar-refractivity contribution in [3.63, 3.8) is 0 Å². The third kappa shape index (κ3) is 1.19. The third-order valence-corrected chi connectivity index (χ3v) is 1.75. The van der Waals surface area contributed by atoms with E-state index < -0.39 is 0 Å². The molecule has 0 atom stereocenters. The first-order valence-corrected chi connectivity index (χ1v) is 3.79. The van der Waals surface area contributed by atoms with Crippen LogP contribution in [0.3, 0.4) is 0 Å². The number of aromatic nitrogens is 2. The van der Waals surface area contributed by atoms with Gasteiger partial charge in [0.05, 0.1) is 11.0 Å². The molecule has 4 heteroatoms. The zero-order valence-corrected chi connectivity index (χ0v) is 6.80. The van der Waals surface area contributed by atoms with Gasteiger partial charge in [-0.25, -0.2) is 4.98 Å². The van der Waals surface area contributed by atoms with Crippen molar-refractivity contribution in [3.05, 3.63) is 39.8 Å². The first kappa shape index (κ1) is 7.31. The molecule has 2 aromatic heterocycles. The molecular formula is C8H5ClN2O. The second-order valence-corrected chi connectivity index (χ2v) is 2.78. The second-order valence-electron chi connectivity index (χ2n) is 2.39. The molecule has 1 N–H and O–H groups in total. The summed E-state index contributed by atoms with van der Waals surface area (Å²) in [5.74, 6) is 0. The van der Waals surface area contributed by atoms with E-state index >= 15 is 0 Å². The van der Waals surface area contributed by atoms with Crippen LogP contribution < -0.4 is 5.56 Å². The SMILES string of the molecule is O=c1ccc2nc(Cl)ccc2[nH]1. The molecule has 0 unspecified atom stereocenters. The summed E-state index contributed by atoms with van der Waals surface area (Å²) in [6.45, 7) is 0. The fraction of sp³-hybridized carbons (Fsp3) is 0. The molecule has 0 saturated carbocycles. The van der Waals surface area contributed by atoms with E-state index in [0.717, 1.165) is 0 Å². The zero-order chi connectivity index (χ0) is 8.55. The number of fused-ring (bicyclic) bond motifs is 1. The molecular weight excluding hydrogens is 176 g/mol. The lowest BCUT2D eigenvalue weighted by molar-refractivity contribution is 1.27. The topological polar surface area (TPSA) is 45.8 Å². The van der Waals surface area contributed by atoms with E-state index in [9.17, 15) is 4.79 Å². The molecule has 3 nitrogen and oxygen atoms in total. The summed E-state index contributed by atoms with van der Waals surface area (Å²) in [4.78, 5) is 17.5. The number of aromatic amines is 1. The molecule has 0 aliphatic carbocycles. The molecule has 0 fully saturated rings. The first-order valence-electron chi connectivity index (χ1n) is 3.41. The van der Waals surface area contributed by atoms with Crippen molar-refractivity contribution in [2.75, 3.05) is 0 Å². The normalized spacial score (nSPS) is 10.4. The van der Waals surface area contributed by atoms with Crippen LogP contribution in [0.2, 0.25) is 5.15 Å². The Balaban J connectivity index is 2.87. The Kier molecular flexibility index (Phi) is 1.59. The molecule has 0 saturated heterocycles. The smallest absolute Gasteiger partial charge is 0.248 e. The van der Waals surface area contributed by atoms with Gasteiger partial charge in [0.15, 0.2) is 0 Å². The van der Waals surface area contributed by atoms with Gasteiger partial charge in [-0.05, 0) is 18.2 Å². The Morgan fingerprint density at radius 2 is 2.08 bits per heavy atom. The van der Waals surface area contributed by atoms with Crippen LogP contribution in [-0.2, 0) is 0 Å². The number of nitrogens with one attached hydrogen (secondary N) is 1. The van der Waals surface area contributed by atoms with Crippen LogP contribution in [0.1, 0.15) is 0 Å². The molecule has 0 aromatic carbocycles. The summed E-state index contributed by atoms with van der Waals surface area (Å²) < 4.78 is 0. The Morgan fingerprint density at radius 1 is 1.25 bits per heavy atom. The first-order chi connectivity index (χ1) is 5.75. The summed E-state index contributed by atoms with van der Waals surface area (Å²) in [6.07, 6.45) is 0. The average molecular weight is 181 g/mol. The van der Waals surface area contributed by atoms with Crippen LogP contribution in [0.15, 0.2) is 29.1 Å². The van der Waals surface area contributed by atoms with Crippen molar-refractivity contribution in [1.29, 1.82) is 0 Å². The average Bonchev–Trinajstić information content (AvgIpc) is 2.05. The Hall–Kier alpha value is -1.35. The van der Waals surface area contributed by atoms with Crippen LogP contribution in [0.25, 0.3) is 11.0 Å². The lowest BCUT2D eigenvalue weighted by atomic mass is 10.3. The Morgan fingerprint density at radius 3 is 2.92 bits per heavy atom. The maximum atomic E-state index is 10.9. The fourth-order valence-corrected chi connectivity index (χ4v) is 1.17. The molecule has 60 valence electrons. The summed E-state index contributed by atoms with van der Waals surface area (Å²) in [6, 6.07) is 6.43. The Labute approximate surface area is 73.0 Å². The number of hydrogen-bond acceptors (Lipinski definition) is 2. The van der Waals surface area contributed by atoms with Gasteiger partial charge in [0.1, 0.15) is 5.15 Å². The van der Waals surface area contributed by atoms with E-state index in [-0.39, 0.29) is 5.56 Å². The summed E-state index contributed by atoms with van der Waals surface area (Å²) in [5, 5.41) is 0.426. The minimum atomic E-state index is -0.133. The standard InChI is InChI=1S/C8H5ClN2O/c9-7-3-1-6-5(10-7)2-4-8(12)11-6/h1-4H,(H,11,12). The molecule has 2 aromatic rings. The summed E-state index contributed by atoms with van der Waals surface area (Å²) >= 11 is 5.66. The van der Waals surface area contributed by atoms with Crippen molar-refractivity contribution in [1.82, 2.24) is 9.97 Å². The quantitative estimate of drug-likeness (QED) is 0.626. The molecule has 2 rings (SSSR count). The monoisotopic (exact) mass is 180 g/mol. The van der Waals surface area contributed by atoms with E-state index in [1.165, 1.54) is 6.07 Å². The number of halogens is 1. The zero-order valence-electron chi connectivity index (χ0n) is 6.04. The van der Waals surface area contributed by atoms with Gasteiger partial charge in [-0.15, -0.1) is 0 Å². The van der Waals surface area contributed by atoms with Crippen molar-refractivity contribution in [3.8, 4) is 0 Å². The summed E-state index contributed by atoms with van der Waals surface area (Å²) in [5.41, 5.74) is 1.26. The van der Waals surface area contributed by atoms with Gasteiger partial charge in [0.2, 0.25) is 5.56 Å². The van der Waals surface area contributed by atoms with Crippen molar-refractivity contribution in [2.24, 2.45) is 0 Å². The number of pyridine rings is 2. The van der Waals surface area contributed by atoms with E-state index in [2.05, 4.69) is 9.97 Å². The fourth-order valence-electron chi connectivity index (χ4n) is 1.01. The molecule has 0 spiro atoms. The lowest BCUT2D eigenvalue weighted by Gasteiger charge is -1.94. The van der Waals surface area contributed by atoms with Gasteiger partial charge in [-0.2, -0.15) is 0 Å². The minimum absolute atomic E-state index is 0.133. The molecule has 0 amide bonds. The lowest BCUT2D eigenvalue weighted by Crippen LogP contribution is -2.02. The molecule has 2 heterocycles. The summed E-state index contributed by atoms with van der Waals surface area (Å²) in [7, 11) is 0. The molecule has 12 heavy (non-hydrogen) atoms. The van der Waals surface area contributed by atoms with Gasteiger partial charge in [0, 0.05) is 6.07 Å². The highest BCUT2D eigenvalue weighted by Gasteiger charge is 1.95. The highest BCUT2D eigenvalue weighted by molar-refractivity contribution is 6.29. The molecule has 0 aliphatic rings. The van der Waals surface area contributed by atoms with E-state index in [4.69, 9.17) is 11.6 Å².